The molecule has 1 spiro atoms. The fraction of sp³-hybridized carbons (Fsp3) is 0.833. The van der Waals surface area contributed by atoms with Gasteiger partial charge in [-0.15, -0.1) is 0 Å². The van der Waals surface area contributed by atoms with Crippen molar-refractivity contribution in [2.24, 2.45) is 29.1 Å². The highest BCUT2D eigenvalue weighted by Crippen LogP contribution is 2.79. The molecular formula is C12H17NO3. The summed E-state index contributed by atoms with van der Waals surface area (Å²) in [5.74, 6) is -0.770. The van der Waals surface area contributed by atoms with Gasteiger partial charge in [0.15, 0.2) is 0 Å². The van der Waals surface area contributed by atoms with Crippen LogP contribution in [-0.2, 0) is 9.59 Å². The van der Waals surface area contributed by atoms with E-state index in [2.05, 4.69) is 0 Å². The molecule has 0 radical (unpaired) electrons. The Balaban J connectivity index is 1.92. The second-order valence-corrected chi connectivity index (χ2v) is 5.81. The number of hydrogen-bond acceptors (Lipinski definition) is 2. The minimum Gasteiger partial charge on any atom is -0.481 e. The van der Waals surface area contributed by atoms with Gasteiger partial charge in [-0.25, -0.2) is 0 Å². The van der Waals surface area contributed by atoms with Crippen LogP contribution in [0.4, 0.5) is 0 Å². The summed E-state index contributed by atoms with van der Waals surface area (Å²) in [5.41, 5.74) is 0.263. The van der Waals surface area contributed by atoms with E-state index in [-0.39, 0.29) is 23.2 Å². The van der Waals surface area contributed by atoms with Crippen molar-refractivity contribution in [1.82, 2.24) is 4.90 Å². The van der Waals surface area contributed by atoms with Crippen molar-refractivity contribution < 1.29 is 14.7 Å². The summed E-state index contributed by atoms with van der Waals surface area (Å²) in [4.78, 5) is 24.9. The first-order chi connectivity index (χ1) is 7.49. The van der Waals surface area contributed by atoms with Gasteiger partial charge in [0.2, 0.25) is 5.91 Å². The van der Waals surface area contributed by atoms with E-state index in [0.717, 1.165) is 19.3 Å². The Hall–Kier alpha value is -1.06. The number of hydrogen-bond donors (Lipinski definition) is 1. The predicted molar refractivity (Wildman–Crippen MR) is 56.6 cm³/mol. The van der Waals surface area contributed by atoms with Crippen LogP contribution >= 0.6 is 0 Å². The molecule has 3 aliphatic rings. The molecule has 4 heteroatoms. The SMILES string of the molecule is CN(C)C(=O)[C@H]1C2CC23CCC3[C@H]1C(=O)O. The van der Waals surface area contributed by atoms with E-state index in [1.165, 1.54) is 0 Å². The molecule has 0 bridgehead atoms. The summed E-state index contributed by atoms with van der Waals surface area (Å²) < 4.78 is 0. The van der Waals surface area contributed by atoms with E-state index < -0.39 is 11.9 Å². The molecule has 3 saturated carbocycles. The van der Waals surface area contributed by atoms with Crippen molar-refractivity contribution in [2.75, 3.05) is 14.1 Å². The Labute approximate surface area is 94.6 Å². The monoisotopic (exact) mass is 223 g/mol. The van der Waals surface area contributed by atoms with E-state index in [9.17, 15) is 14.7 Å². The van der Waals surface area contributed by atoms with Gasteiger partial charge in [0.25, 0.3) is 0 Å². The summed E-state index contributed by atoms with van der Waals surface area (Å²) in [6, 6.07) is 0. The lowest BCUT2D eigenvalue weighted by Crippen LogP contribution is -2.40. The summed E-state index contributed by atoms with van der Waals surface area (Å²) in [5, 5.41) is 9.30. The molecule has 3 rings (SSSR count). The van der Waals surface area contributed by atoms with E-state index in [4.69, 9.17) is 0 Å². The zero-order valence-corrected chi connectivity index (χ0v) is 9.64. The molecule has 0 aromatic carbocycles. The third kappa shape index (κ3) is 0.955. The van der Waals surface area contributed by atoms with Gasteiger partial charge in [0, 0.05) is 14.1 Å². The first-order valence-corrected chi connectivity index (χ1v) is 5.93. The Bertz CT molecular complexity index is 378. The molecule has 0 aromatic heterocycles. The molecule has 0 aromatic rings. The van der Waals surface area contributed by atoms with Crippen LogP contribution in [-0.4, -0.2) is 36.0 Å². The zero-order valence-electron chi connectivity index (χ0n) is 9.64. The molecule has 3 unspecified atom stereocenters. The van der Waals surface area contributed by atoms with Gasteiger partial charge in [-0.2, -0.15) is 0 Å². The minimum absolute atomic E-state index is 0.0173. The molecule has 0 aliphatic heterocycles. The molecule has 3 fully saturated rings. The van der Waals surface area contributed by atoms with Gasteiger partial charge < -0.3 is 10.0 Å². The topological polar surface area (TPSA) is 57.6 Å². The Morgan fingerprint density at radius 1 is 1.25 bits per heavy atom. The summed E-state index contributed by atoms with van der Waals surface area (Å²) in [6.45, 7) is 0. The number of carbonyl (C=O) groups is 2. The minimum atomic E-state index is -0.767. The lowest BCUT2D eigenvalue weighted by Gasteiger charge is -2.37. The van der Waals surface area contributed by atoms with Crippen molar-refractivity contribution in [3.8, 4) is 0 Å². The second-order valence-electron chi connectivity index (χ2n) is 5.81. The molecular weight excluding hydrogens is 206 g/mol. The predicted octanol–water partition coefficient (Wildman–Crippen LogP) is 0.821. The summed E-state index contributed by atoms with van der Waals surface area (Å²) in [7, 11) is 3.44. The smallest absolute Gasteiger partial charge is 0.307 e. The highest BCUT2D eigenvalue weighted by Gasteiger charge is 2.77. The normalized spacial score (nSPS) is 47.6. The standard InChI is InChI=1S/C12H17NO3/c1-13(2)10(14)8-7-5-12(7)4-3-6(12)9(8)11(15)16/h6-9H,3-5H2,1-2H3,(H,15,16)/t6?,7?,8-,9+,12?/m0/s1. The van der Waals surface area contributed by atoms with Crippen molar-refractivity contribution in [3.63, 3.8) is 0 Å². The number of carbonyl (C=O) groups excluding carboxylic acids is 1. The third-order valence-corrected chi connectivity index (χ3v) is 5.10. The lowest BCUT2D eigenvalue weighted by atomic mass is 9.67. The Kier molecular flexibility index (Phi) is 1.76. The molecule has 1 N–H and O–H groups in total. The van der Waals surface area contributed by atoms with E-state index >= 15 is 0 Å². The second kappa shape index (κ2) is 2.79. The average molecular weight is 223 g/mol. The van der Waals surface area contributed by atoms with Crippen molar-refractivity contribution >= 4 is 11.9 Å². The average Bonchev–Trinajstić information content (AvgIpc) is 2.87. The fourth-order valence-electron chi connectivity index (χ4n) is 4.22. The summed E-state index contributed by atoms with van der Waals surface area (Å²) in [6.07, 6.45) is 3.24. The summed E-state index contributed by atoms with van der Waals surface area (Å²) >= 11 is 0. The molecule has 88 valence electrons. The van der Waals surface area contributed by atoms with Gasteiger partial charge in [-0.1, -0.05) is 0 Å². The maximum atomic E-state index is 12.1. The van der Waals surface area contributed by atoms with Crippen molar-refractivity contribution in [2.45, 2.75) is 19.3 Å². The van der Waals surface area contributed by atoms with Crippen LogP contribution in [0.3, 0.4) is 0 Å². The number of aliphatic carboxylic acids is 1. The molecule has 0 heterocycles. The number of carboxylic acids is 1. The first kappa shape index (κ1) is 10.1. The number of amides is 1. The first-order valence-electron chi connectivity index (χ1n) is 5.93. The maximum Gasteiger partial charge on any atom is 0.307 e. The van der Waals surface area contributed by atoms with Gasteiger partial charge >= 0.3 is 5.97 Å². The Morgan fingerprint density at radius 3 is 2.38 bits per heavy atom. The van der Waals surface area contributed by atoms with Gasteiger partial charge in [0.05, 0.1) is 11.8 Å². The van der Waals surface area contributed by atoms with Crippen LogP contribution in [0.1, 0.15) is 19.3 Å². The number of nitrogens with zero attached hydrogens (tertiary/aromatic N) is 1. The fourth-order valence-corrected chi connectivity index (χ4v) is 4.22. The van der Waals surface area contributed by atoms with E-state index in [0.29, 0.717) is 5.92 Å². The van der Waals surface area contributed by atoms with Crippen LogP contribution in [0.15, 0.2) is 0 Å². The molecule has 1 amide bonds. The zero-order chi connectivity index (χ0) is 11.7. The molecule has 0 saturated heterocycles. The maximum absolute atomic E-state index is 12.1. The van der Waals surface area contributed by atoms with E-state index in [1.54, 1.807) is 19.0 Å². The third-order valence-electron chi connectivity index (χ3n) is 5.10. The van der Waals surface area contributed by atoms with Crippen molar-refractivity contribution in [1.29, 1.82) is 0 Å². The van der Waals surface area contributed by atoms with Gasteiger partial charge in [-0.05, 0) is 36.5 Å². The quantitative estimate of drug-likeness (QED) is 0.754. The number of carboxylic acid groups (broad SMARTS) is 1. The number of rotatable bonds is 2. The van der Waals surface area contributed by atoms with Crippen LogP contribution < -0.4 is 0 Å². The highest BCUT2D eigenvalue weighted by molar-refractivity contribution is 5.87. The van der Waals surface area contributed by atoms with Crippen LogP contribution in [0.2, 0.25) is 0 Å². The highest BCUT2D eigenvalue weighted by atomic mass is 16.4. The van der Waals surface area contributed by atoms with E-state index in [1.807, 2.05) is 0 Å². The molecule has 4 nitrogen and oxygen atoms in total. The largest absolute Gasteiger partial charge is 0.481 e. The van der Waals surface area contributed by atoms with Crippen molar-refractivity contribution in [3.05, 3.63) is 0 Å². The Morgan fingerprint density at radius 2 is 1.94 bits per heavy atom. The van der Waals surface area contributed by atoms with Crippen LogP contribution in [0.25, 0.3) is 0 Å². The van der Waals surface area contributed by atoms with Crippen LogP contribution in [0, 0.1) is 29.1 Å². The molecule has 3 aliphatic carbocycles. The molecule has 5 atom stereocenters. The molecule has 16 heavy (non-hydrogen) atoms. The van der Waals surface area contributed by atoms with Gasteiger partial charge in [-0.3, -0.25) is 9.59 Å². The lowest BCUT2D eigenvalue weighted by molar-refractivity contribution is -0.152. The van der Waals surface area contributed by atoms with Crippen LogP contribution in [0.5, 0.6) is 0 Å². The van der Waals surface area contributed by atoms with Gasteiger partial charge in [0.1, 0.15) is 0 Å².